The molecule has 1 unspecified atom stereocenters. The molecule has 1 N–H and O–H groups in total. The highest BCUT2D eigenvalue weighted by atomic mass is 16.2. The zero-order chi connectivity index (χ0) is 15.5. The van der Waals surface area contributed by atoms with E-state index < -0.39 is 0 Å². The second kappa shape index (κ2) is 6.82. The summed E-state index contributed by atoms with van der Waals surface area (Å²) in [5, 5.41) is 3.45. The van der Waals surface area contributed by atoms with Gasteiger partial charge < -0.3 is 10.2 Å². The summed E-state index contributed by atoms with van der Waals surface area (Å²) in [4.78, 5) is 15.2. The molecule has 1 aromatic carbocycles. The molecule has 1 amide bonds. The number of aryl methyl sites for hydroxylation is 1. The van der Waals surface area contributed by atoms with E-state index >= 15 is 0 Å². The van der Waals surface area contributed by atoms with E-state index in [4.69, 9.17) is 0 Å². The Balaban J connectivity index is 1.77. The van der Waals surface area contributed by atoms with Crippen molar-refractivity contribution in [3.63, 3.8) is 0 Å². The first-order chi connectivity index (χ1) is 10.6. The number of nitrogens with zero attached hydrogens (tertiary/aromatic N) is 1. The zero-order valence-corrected chi connectivity index (χ0v) is 13.8. The van der Waals surface area contributed by atoms with E-state index in [1.807, 2.05) is 0 Å². The van der Waals surface area contributed by atoms with Crippen LogP contribution in [0.15, 0.2) is 24.3 Å². The van der Waals surface area contributed by atoms with Gasteiger partial charge in [0, 0.05) is 18.5 Å². The van der Waals surface area contributed by atoms with Crippen molar-refractivity contribution < 1.29 is 4.79 Å². The van der Waals surface area contributed by atoms with Crippen molar-refractivity contribution >= 4 is 5.91 Å². The van der Waals surface area contributed by atoms with Crippen molar-refractivity contribution in [2.24, 2.45) is 5.92 Å². The average Bonchev–Trinajstić information content (AvgIpc) is 2.55. The molecule has 0 radical (unpaired) electrons. The Bertz CT molecular complexity index is 511. The number of benzene rings is 1. The van der Waals surface area contributed by atoms with E-state index in [9.17, 15) is 4.79 Å². The number of carbonyl (C=O) groups is 1. The number of carbonyl (C=O) groups excluding carboxylic acids is 1. The summed E-state index contributed by atoms with van der Waals surface area (Å²) in [6.45, 7) is 6.20. The van der Waals surface area contributed by atoms with E-state index in [0.717, 1.165) is 38.8 Å². The van der Waals surface area contributed by atoms with Crippen molar-refractivity contribution in [1.82, 2.24) is 10.2 Å². The topological polar surface area (TPSA) is 32.3 Å². The van der Waals surface area contributed by atoms with Crippen LogP contribution in [-0.2, 0) is 4.79 Å². The lowest BCUT2D eigenvalue weighted by Gasteiger charge is -2.40. The number of rotatable bonds is 2. The van der Waals surface area contributed by atoms with Crippen LogP contribution in [-0.4, -0.2) is 29.9 Å². The molecule has 3 atom stereocenters. The van der Waals surface area contributed by atoms with Crippen LogP contribution < -0.4 is 5.32 Å². The van der Waals surface area contributed by atoms with E-state index in [2.05, 4.69) is 48.3 Å². The minimum absolute atomic E-state index is 0.210. The molecule has 3 rings (SSSR count). The van der Waals surface area contributed by atoms with Crippen molar-refractivity contribution in [3.8, 4) is 0 Å². The van der Waals surface area contributed by atoms with Crippen LogP contribution in [0.1, 0.15) is 56.2 Å². The predicted octanol–water partition coefficient (Wildman–Crippen LogP) is 3.44. The van der Waals surface area contributed by atoms with Crippen LogP contribution in [0.2, 0.25) is 0 Å². The van der Waals surface area contributed by atoms with Gasteiger partial charge in [0.25, 0.3) is 0 Å². The van der Waals surface area contributed by atoms with Gasteiger partial charge in [-0.3, -0.25) is 4.79 Å². The minimum atomic E-state index is 0.210. The highest BCUT2D eigenvalue weighted by Crippen LogP contribution is 2.33. The Labute approximate surface area is 134 Å². The molecule has 1 aromatic rings. The zero-order valence-electron chi connectivity index (χ0n) is 13.8. The third-order valence-corrected chi connectivity index (χ3v) is 5.22. The fraction of sp³-hybridized carbons (Fsp3) is 0.632. The van der Waals surface area contributed by atoms with Gasteiger partial charge in [0.1, 0.15) is 0 Å². The minimum Gasteiger partial charge on any atom is -0.335 e. The Kier molecular flexibility index (Phi) is 4.82. The maximum Gasteiger partial charge on any atom is 0.226 e. The third kappa shape index (κ3) is 3.35. The standard InChI is InChI=1S/C19H28N2O/c1-14-6-8-16(9-7-14)18-5-3-4-12-21(18)19(22)17-10-11-20-15(2)13-17/h6-9,15,17-18,20H,3-5,10-13H2,1-2H3/t15-,17-,18?/m0/s1. The summed E-state index contributed by atoms with van der Waals surface area (Å²) >= 11 is 0. The fourth-order valence-electron chi connectivity index (χ4n) is 3.92. The molecule has 0 aliphatic carbocycles. The van der Waals surface area contributed by atoms with E-state index in [1.54, 1.807) is 0 Å². The lowest BCUT2D eigenvalue weighted by molar-refractivity contribution is -0.140. The van der Waals surface area contributed by atoms with Gasteiger partial charge in [-0.2, -0.15) is 0 Å². The maximum absolute atomic E-state index is 13.0. The summed E-state index contributed by atoms with van der Waals surface area (Å²) in [5.41, 5.74) is 2.59. The van der Waals surface area contributed by atoms with Gasteiger partial charge in [-0.1, -0.05) is 29.8 Å². The van der Waals surface area contributed by atoms with Gasteiger partial charge >= 0.3 is 0 Å². The SMILES string of the molecule is Cc1ccc(C2CCCCN2C(=O)[C@H]2CCN[C@@H](C)C2)cc1. The molecule has 0 aromatic heterocycles. The lowest BCUT2D eigenvalue weighted by atomic mass is 9.88. The molecule has 2 aliphatic heterocycles. The summed E-state index contributed by atoms with van der Waals surface area (Å²) in [7, 11) is 0. The molecule has 3 heteroatoms. The number of likely N-dealkylation sites (tertiary alicyclic amines) is 1. The Morgan fingerprint density at radius 3 is 2.68 bits per heavy atom. The van der Waals surface area contributed by atoms with Gasteiger partial charge in [0.2, 0.25) is 5.91 Å². The molecule has 120 valence electrons. The number of nitrogens with one attached hydrogen (secondary N) is 1. The molecule has 2 heterocycles. The number of amides is 1. The second-order valence-electron chi connectivity index (χ2n) is 7.03. The van der Waals surface area contributed by atoms with Gasteiger partial charge in [-0.15, -0.1) is 0 Å². The summed E-state index contributed by atoms with van der Waals surface area (Å²) in [5.74, 6) is 0.598. The second-order valence-corrected chi connectivity index (χ2v) is 7.03. The summed E-state index contributed by atoms with van der Waals surface area (Å²) in [6, 6.07) is 9.49. The van der Waals surface area contributed by atoms with Gasteiger partial charge in [-0.25, -0.2) is 0 Å². The predicted molar refractivity (Wildman–Crippen MR) is 89.7 cm³/mol. The lowest BCUT2D eigenvalue weighted by Crippen LogP contribution is -2.46. The average molecular weight is 300 g/mol. The van der Waals surface area contributed by atoms with Crippen molar-refractivity contribution in [2.45, 2.75) is 58.0 Å². The van der Waals surface area contributed by atoms with Crippen molar-refractivity contribution in [2.75, 3.05) is 13.1 Å². The molecule has 3 nitrogen and oxygen atoms in total. The molecule has 2 aliphatic rings. The molecule has 22 heavy (non-hydrogen) atoms. The van der Waals surface area contributed by atoms with Gasteiger partial charge in [-0.05, 0) is 58.1 Å². The first kappa shape index (κ1) is 15.5. The molecular weight excluding hydrogens is 272 g/mol. The summed E-state index contributed by atoms with van der Waals surface area (Å²) in [6.07, 6.45) is 5.45. The highest BCUT2D eigenvalue weighted by molar-refractivity contribution is 5.79. The van der Waals surface area contributed by atoms with Crippen LogP contribution in [0.5, 0.6) is 0 Å². The quantitative estimate of drug-likeness (QED) is 0.907. The van der Waals surface area contributed by atoms with Crippen LogP contribution in [0.3, 0.4) is 0 Å². The fourth-order valence-corrected chi connectivity index (χ4v) is 3.92. The molecule has 0 bridgehead atoms. The molecule has 2 fully saturated rings. The number of hydrogen-bond donors (Lipinski definition) is 1. The molecule has 0 saturated carbocycles. The van der Waals surface area contributed by atoms with E-state index in [-0.39, 0.29) is 12.0 Å². The molecule has 0 spiro atoms. The first-order valence-corrected chi connectivity index (χ1v) is 8.75. The summed E-state index contributed by atoms with van der Waals surface area (Å²) < 4.78 is 0. The monoisotopic (exact) mass is 300 g/mol. The number of hydrogen-bond acceptors (Lipinski definition) is 2. The van der Waals surface area contributed by atoms with E-state index in [0.29, 0.717) is 11.9 Å². The van der Waals surface area contributed by atoms with Crippen molar-refractivity contribution in [1.29, 1.82) is 0 Å². The van der Waals surface area contributed by atoms with Crippen LogP contribution in [0.4, 0.5) is 0 Å². The highest BCUT2D eigenvalue weighted by Gasteiger charge is 2.34. The van der Waals surface area contributed by atoms with Gasteiger partial charge in [0.15, 0.2) is 0 Å². The smallest absolute Gasteiger partial charge is 0.226 e. The molecular formula is C19H28N2O. The Morgan fingerprint density at radius 1 is 1.18 bits per heavy atom. The maximum atomic E-state index is 13.0. The van der Waals surface area contributed by atoms with Crippen LogP contribution >= 0.6 is 0 Å². The number of piperidine rings is 2. The van der Waals surface area contributed by atoms with Crippen molar-refractivity contribution in [3.05, 3.63) is 35.4 Å². The normalized spacial score (nSPS) is 29.4. The largest absolute Gasteiger partial charge is 0.335 e. The first-order valence-electron chi connectivity index (χ1n) is 8.75. The third-order valence-electron chi connectivity index (χ3n) is 5.22. The van der Waals surface area contributed by atoms with Crippen LogP contribution in [0.25, 0.3) is 0 Å². The van der Waals surface area contributed by atoms with Crippen LogP contribution in [0, 0.1) is 12.8 Å². The van der Waals surface area contributed by atoms with Gasteiger partial charge in [0.05, 0.1) is 6.04 Å². The Hall–Kier alpha value is -1.35. The molecule has 2 saturated heterocycles. The Morgan fingerprint density at radius 2 is 1.95 bits per heavy atom. The van der Waals surface area contributed by atoms with E-state index in [1.165, 1.54) is 17.5 Å².